The highest BCUT2D eigenvalue weighted by Crippen LogP contribution is 2.41. The Labute approximate surface area is 436 Å². The zero-order valence-corrected chi connectivity index (χ0v) is 45.6. The summed E-state index contributed by atoms with van der Waals surface area (Å²) in [6.07, 6.45) is -12.9. The first-order valence-corrected chi connectivity index (χ1v) is 25.9. The summed E-state index contributed by atoms with van der Waals surface area (Å²) in [4.78, 5) is 45.4. The van der Waals surface area contributed by atoms with Gasteiger partial charge in [0, 0.05) is 51.2 Å². The number of esters is 1. The van der Waals surface area contributed by atoms with Gasteiger partial charge in [-0.15, -0.1) is 0 Å². The van der Waals surface area contributed by atoms with Crippen molar-refractivity contribution in [3.8, 4) is 0 Å². The van der Waals surface area contributed by atoms with Crippen LogP contribution in [0.15, 0.2) is 54.6 Å². The lowest BCUT2D eigenvalue weighted by Crippen LogP contribution is -2.61. The van der Waals surface area contributed by atoms with Crippen molar-refractivity contribution in [3.63, 3.8) is 0 Å². The van der Waals surface area contributed by atoms with Crippen LogP contribution in [0.4, 0.5) is 14.0 Å². The molecule has 2 aromatic rings. The van der Waals surface area contributed by atoms with Gasteiger partial charge in [-0.25, -0.2) is 14.0 Å². The van der Waals surface area contributed by atoms with E-state index in [0.717, 1.165) is 5.56 Å². The summed E-state index contributed by atoms with van der Waals surface area (Å²) in [6.45, 7) is 15.9. The number of hydrogen-bond donors (Lipinski definition) is 6. The van der Waals surface area contributed by atoms with E-state index in [4.69, 9.17) is 37.9 Å². The van der Waals surface area contributed by atoms with E-state index in [1.165, 1.54) is 38.3 Å². The molecule has 6 N–H and O–H groups in total. The highest BCUT2D eigenvalue weighted by atomic mass is 19.1. The third-order valence-corrected chi connectivity index (χ3v) is 15.2. The van der Waals surface area contributed by atoms with Crippen molar-refractivity contribution in [1.29, 1.82) is 0 Å². The van der Waals surface area contributed by atoms with Crippen LogP contribution in [0.3, 0.4) is 0 Å². The fourth-order valence-electron chi connectivity index (χ4n) is 10.9. The molecule has 20 heteroatoms. The summed E-state index contributed by atoms with van der Waals surface area (Å²) in [6, 6.07) is 14.1. The smallest absolute Gasteiger partial charge is 0.407 e. The maximum atomic E-state index is 14.9. The van der Waals surface area contributed by atoms with E-state index < -0.39 is 114 Å². The van der Waals surface area contributed by atoms with Crippen molar-refractivity contribution in [1.82, 2.24) is 20.4 Å². The van der Waals surface area contributed by atoms with Crippen molar-refractivity contribution in [3.05, 3.63) is 71.5 Å². The van der Waals surface area contributed by atoms with Gasteiger partial charge in [0.05, 0.1) is 29.8 Å². The molecule has 0 bridgehead atoms. The standard InChI is InChI=1S/C54H85FN4O15/c1-14-40-54(9,66)45(73-50(63)56-25-24-36-18-16-15-17-19-36)35(6)59(12)30-31(2)27-52(7,65)44(72-49-42(60)39(58(10)11)26-32(3)68-49)33(4)43(34(5)47(61)69-40)70-41-28-53(8,67-13)46(48(62)71-41)74-51(64)57-29-37-20-22-38(55)23-21-37/h15-23,31-35,39-46,48-49,60,62,65-66H,14,24-30H2,1-13H3,(H,56,63)(H,57,64)/t31-,32-,33-,34-,35+,39+,40+,41-,42-,43-,44-,45-,46+,48-,49-,52+,53-,54-/m1/s1. The molecule has 0 spiro atoms. The average molecular weight is 1050 g/mol. The maximum absolute atomic E-state index is 14.9. The van der Waals surface area contributed by atoms with E-state index in [9.17, 15) is 39.2 Å². The predicted octanol–water partition coefficient (Wildman–Crippen LogP) is 4.88. The molecular weight excluding hydrogens is 964 g/mol. The number of amides is 2. The van der Waals surface area contributed by atoms with Gasteiger partial charge in [0.15, 0.2) is 31.1 Å². The molecule has 3 heterocycles. The van der Waals surface area contributed by atoms with Crippen LogP contribution < -0.4 is 10.6 Å². The van der Waals surface area contributed by atoms with E-state index in [-0.39, 0.29) is 50.4 Å². The van der Waals surface area contributed by atoms with Crippen LogP contribution in [0, 0.1) is 23.6 Å². The number of cyclic esters (lactones) is 1. The SMILES string of the molecule is CC[C@@H]1OC(=O)[C@H](C)[C@H](O[C@H]2C[C@@](C)(OC)[C@@H](OC(=O)NCc3ccc(F)cc3)[C@H](O)O2)[C@@H](C)[C@@H](O[C@H]2O[C@H](C)C[C@H](N(C)C)[C@H]2O)[C@@](C)(O)C[C@@H](C)CN(C)[C@@H](C)[C@@H](OC(=O)NCCc2ccccc2)[C@]1(C)O. The summed E-state index contributed by atoms with van der Waals surface area (Å²) >= 11 is 0. The Morgan fingerprint density at radius 3 is 2.12 bits per heavy atom. The molecule has 0 saturated carbocycles. The minimum atomic E-state index is -1.97. The number of ether oxygens (including phenoxy) is 8. The van der Waals surface area contributed by atoms with Crippen LogP contribution in [0.25, 0.3) is 0 Å². The Hall–Kier alpha value is -4.06. The largest absolute Gasteiger partial charge is 0.459 e. The fraction of sp³-hybridized carbons (Fsp3) is 0.722. The number of carbonyl (C=O) groups excluding carboxylic acids is 3. The third kappa shape index (κ3) is 15.5. The molecule has 3 aliphatic rings. The highest BCUT2D eigenvalue weighted by molar-refractivity contribution is 5.73. The minimum Gasteiger partial charge on any atom is -0.459 e. The van der Waals surface area contributed by atoms with E-state index in [2.05, 4.69) is 10.6 Å². The van der Waals surface area contributed by atoms with Crippen molar-refractivity contribution in [2.45, 2.75) is 191 Å². The predicted molar refractivity (Wildman–Crippen MR) is 271 cm³/mol. The number of methoxy groups -OCH3 is 1. The molecule has 3 saturated heterocycles. The molecule has 3 fully saturated rings. The van der Waals surface area contributed by atoms with Crippen molar-refractivity contribution in [2.75, 3.05) is 41.3 Å². The molecule has 3 aliphatic heterocycles. The van der Waals surface area contributed by atoms with Crippen LogP contribution in [-0.4, -0.2) is 180 Å². The van der Waals surface area contributed by atoms with Crippen LogP contribution in [0.1, 0.15) is 99.1 Å². The van der Waals surface area contributed by atoms with E-state index in [0.29, 0.717) is 24.9 Å². The number of benzene rings is 2. The van der Waals surface area contributed by atoms with Crippen molar-refractivity contribution in [2.24, 2.45) is 17.8 Å². The zero-order valence-electron chi connectivity index (χ0n) is 45.6. The average Bonchev–Trinajstić information content (AvgIpc) is 3.34. The second kappa shape index (κ2) is 26.3. The number of aliphatic hydroxyl groups is 4. The van der Waals surface area contributed by atoms with Gasteiger partial charge in [-0.2, -0.15) is 0 Å². The molecule has 19 nitrogen and oxygen atoms in total. The number of carbonyl (C=O) groups is 3. The number of nitrogens with one attached hydrogen (secondary N) is 2. The van der Waals surface area contributed by atoms with Crippen LogP contribution in [-0.2, 0) is 55.7 Å². The molecule has 0 radical (unpaired) electrons. The Morgan fingerprint density at radius 2 is 1.50 bits per heavy atom. The van der Waals surface area contributed by atoms with Crippen LogP contribution >= 0.6 is 0 Å². The molecule has 0 aromatic heterocycles. The van der Waals surface area contributed by atoms with Gasteiger partial charge < -0.3 is 73.9 Å². The summed E-state index contributed by atoms with van der Waals surface area (Å²) in [7, 11) is 6.88. The number of nitrogens with zero attached hydrogens (tertiary/aromatic N) is 2. The van der Waals surface area contributed by atoms with Crippen molar-refractivity contribution >= 4 is 18.2 Å². The Kier molecular flexibility index (Phi) is 21.6. The number of alkyl carbamates (subject to hydrolysis) is 2. The van der Waals surface area contributed by atoms with Gasteiger partial charge >= 0.3 is 18.2 Å². The molecule has 18 atom stereocenters. The Bertz CT molecular complexity index is 2090. The lowest BCUT2D eigenvalue weighted by atomic mass is 9.77. The molecule has 2 aromatic carbocycles. The van der Waals surface area contributed by atoms with Gasteiger partial charge in [0.2, 0.25) is 0 Å². The van der Waals surface area contributed by atoms with Gasteiger partial charge in [0.1, 0.15) is 29.2 Å². The van der Waals surface area contributed by atoms with Gasteiger partial charge in [0.25, 0.3) is 0 Å². The van der Waals surface area contributed by atoms with Gasteiger partial charge in [-0.1, -0.05) is 63.2 Å². The number of hydrogen-bond acceptors (Lipinski definition) is 17. The molecular formula is C54H85FN4O15. The minimum absolute atomic E-state index is 0.00252. The molecule has 0 aliphatic carbocycles. The number of rotatable bonds is 14. The second-order valence-electron chi connectivity index (χ2n) is 21.8. The third-order valence-electron chi connectivity index (χ3n) is 15.2. The summed E-state index contributed by atoms with van der Waals surface area (Å²) in [5.74, 6) is -3.74. The van der Waals surface area contributed by atoms with Crippen LogP contribution in [0.2, 0.25) is 0 Å². The van der Waals surface area contributed by atoms with E-state index in [1.54, 1.807) is 41.5 Å². The monoisotopic (exact) mass is 1050 g/mol. The summed E-state index contributed by atoms with van der Waals surface area (Å²) in [5.41, 5.74) is -3.54. The highest BCUT2D eigenvalue weighted by Gasteiger charge is 2.55. The maximum Gasteiger partial charge on any atom is 0.407 e. The summed E-state index contributed by atoms with van der Waals surface area (Å²) in [5, 5.41) is 54.2. The number of halogens is 1. The van der Waals surface area contributed by atoms with Gasteiger partial charge in [-0.05, 0) is 118 Å². The summed E-state index contributed by atoms with van der Waals surface area (Å²) < 4.78 is 63.4. The molecule has 74 heavy (non-hydrogen) atoms. The first-order chi connectivity index (χ1) is 34.7. The number of aliphatic hydroxyl groups excluding tert-OH is 2. The quantitative estimate of drug-likeness (QED) is 0.109. The molecule has 2 amide bonds. The zero-order chi connectivity index (χ0) is 54.9. The molecule has 418 valence electrons. The van der Waals surface area contributed by atoms with Gasteiger partial charge in [-0.3, -0.25) is 9.69 Å². The first-order valence-electron chi connectivity index (χ1n) is 25.9. The van der Waals surface area contributed by atoms with E-state index in [1.807, 2.05) is 75.1 Å². The molecule has 0 unspecified atom stereocenters. The topological polar surface area (TPSA) is 237 Å². The van der Waals surface area contributed by atoms with Crippen molar-refractivity contribution < 1.29 is 77.1 Å². The lowest BCUT2D eigenvalue weighted by molar-refractivity contribution is -0.347. The Morgan fingerprint density at radius 1 is 0.865 bits per heavy atom. The Balaban J connectivity index is 1.51. The normalized spacial score (nSPS) is 38.0. The number of likely N-dealkylation sites (N-methyl/N-ethyl adjacent to an activating group) is 2. The van der Waals surface area contributed by atoms with Crippen LogP contribution in [0.5, 0.6) is 0 Å². The molecule has 5 rings (SSSR count). The first kappa shape index (κ1) is 60.8. The fourth-order valence-corrected chi connectivity index (χ4v) is 10.9. The lowest BCUT2D eigenvalue weighted by Gasteiger charge is -2.48. The second-order valence-corrected chi connectivity index (χ2v) is 21.8. The van der Waals surface area contributed by atoms with E-state index >= 15 is 0 Å².